The number of rotatable bonds is 8. The molecule has 194 valence electrons. The number of carbonyl (C=O) groups excluding carboxylic acids is 2. The van der Waals surface area contributed by atoms with Crippen molar-refractivity contribution in [2.24, 2.45) is 5.10 Å². The molecule has 0 aliphatic heterocycles. The second-order valence-corrected chi connectivity index (χ2v) is 9.47. The van der Waals surface area contributed by atoms with Gasteiger partial charge in [-0.2, -0.15) is 5.10 Å². The van der Waals surface area contributed by atoms with E-state index in [0.717, 1.165) is 22.0 Å². The molecule has 1 atom stereocenters. The molecule has 11 heteroatoms. The van der Waals surface area contributed by atoms with Gasteiger partial charge in [0.2, 0.25) is 0 Å². The van der Waals surface area contributed by atoms with Crippen LogP contribution in [0.2, 0.25) is 0 Å². The van der Waals surface area contributed by atoms with Gasteiger partial charge >= 0.3 is 11.6 Å². The molecule has 37 heavy (non-hydrogen) atoms. The fourth-order valence-corrected chi connectivity index (χ4v) is 3.37. The zero-order valence-electron chi connectivity index (χ0n) is 21.6. The average Bonchev–Trinajstić information content (AvgIpc) is 3.31. The summed E-state index contributed by atoms with van der Waals surface area (Å²) in [5, 5.41) is 22.0. The van der Waals surface area contributed by atoms with E-state index in [1.807, 2.05) is 24.3 Å². The maximum Gasteiger partial charge on any atom is 0.350 e. The Bertz CT molecular complexity index is 1320. The lowest BCUT2D eigenvalue weighted by atomic mass is 9.87. The lowest BCUT2D eigenvalue weighted by Gasteiger charge is -2.19. The molecule has 0 saturated heterocycles. The molecule has 0 aliphatic carbocycles. The molecule has 0 bridgehead atoms. The number of hydrogen-bond donors (Lipinski definition) is 2. The van der Waals surface area contributed by atoms with Crippen LogP contribution in [0.25, 0.3) is 0 Å². The van der Waals surface area contributed by atoms with E-state index < -0.39 is 16.9 Å². The lowest BCUT2D eigenvalue weighted by Crippen LogP contribution is -2.28. The number of nitro groups is 1. The minimum Gasteiger partial charge on any atom is -0.475 e. The minimum atomic E-state index is -0.866. The first-order chi connectivity index (χ1) is 17.4. The maximum absolute atomic E-state index is 12.6. The van der Waals surface area contributed by atoms with E-state index in [1.54, 1.807) is 31.2 Å². The summed E-state index contributed by atoms with van der Waals surface area (Å²) in [6, 6.07) is 13.7. The number of hydrazone groups is 1. The highest BCUT2D eigenvalue weighted by molar-refractivity contribution is 6.05. The fraction of sp³-hybridized carbons (Fsp3) is 0.308. The third-order valence-corrected chi connectivity index (χ3v) is 5.75. The summed E-state index contributed by atoms with van der Waals surface area (Å²) < 4.78 is 6.03. The molecule has 2 amide bonds. The first kappa shape index (κ1) is 27.1. The number of amides is 2. The van der Waals surface area contributed by atoms with Crippen molar-refractivity contribution in [3.05, 3.63) is 81.5 Å². The largest absolute Gasteiger partial charge is 0.475 e. The molecule has 11 nitrogen and oxygen atoms in total. The highest BCUT2D eigenvalue weighted by atomic mass is 16.6. The van der Waals surface area contributed by atoms with Gasteiger partial charge in [-0.3, -0.25) is 19.7 Å². The summed E-state index contributed by atoms with van der Waals surface area (Å²) in [6.07, 6.45) is 1.13. The molecule has 0 saturated carbocycles. The van der Waals surface area contributed by atoms with Crippen LogP contribution < -0.4 is 15.5 Å². The molecule has 0 aliphatic rings. The van der Waals surface area contributed by atoms with E-state index >= 15 is 0 Å². The third-order valence-electron chi connectivity index (χ3n) is 5.75. The van der Waals surface area contributed by atoms with Gasteiger partial charge in [0.15, 0.2) is 0 Å². The predicted molar refractivity (Wildman–Crippen MR) is 140 cm³/mol. The van der Waals surface area contributed by atoms with Crippen LogP contribution in [-0.2, 0) is 10.2 Å². The Labute approximate surface area is 214 Å². The van der Waals surface area contributed by atoms with Crippen LogP contribution in [0.15, 0.2) is 59.8 Å². The Morgan fingerprint density at radius 2 is 1.68 bits per heavy atom. The van der Waals surface area contributed by atoms with Gasteiger partial charge in [-0.25, -0.2) is 10.1 Å². The van der Waals surface area contributed by atoms with Crippen LogP contribution >= 0.6 is 0 Å². The van der Waals surface area contributed by atoms with Crippen molar-refractivity contribution in [2.45, 2.75) is 46.1 Å². The van der Waals surface area contributed by atoms with Crippen LogP contribution in [0.4, 0.5) is 11.4 Å². The van der Waals surface area contributed by atoms with Crippen molar-refractivity contribution in [2.75, 3.05) is 12.4 Å². The lowest BCUT2D eigenvalue weighted by molar-refractivity contribution is -0.385. The highest BCUT2D eigenvalue weighted by Gasteiger charge is 2.25. The molecule has 0 fully saturated rings. The molecular weight excluding hydrogens is 476 g/mol. The van der Waals surface area contributed by atoms with Gasteiger partial charge in [0, 0.05) is 11.3 Å². The number of nitrogens with one attached hydrogen (secondary N) is 2. The van der Waals surface area contributed by atoms with E-state index in [9.17, 15) is 19.7 Å². The summed E-state index contributed by atoms with van der Waals surface area (Å²) in [6.45, 7) is 9.60. The fourth-order valence-electron chi connectivity index (χ4n) is 3.37. The normalized spacial score (nSPS) is 12.5. The molecule has 1 unspecified atom stereocenters. The van der Waals surface area contributed by atoms with Crippen molar-refractivity contribution in [1.29, 1.82) is 0 Å². The number of anilines is 1. The number of hydrogen-bond acceptors (Lipinski definition) is 7. The molecule has 2 aromatic carbocycles. The first-order valence-corrected chi connectivity index (χ1v) is 11.5. The number of benzene rings is 2. The van der Waals surface area contributed by atoms with Gasteiger partial charge in [-0.05, 0) is 54.7 Å². The second kappa shape index (κ2) is 11.0. The maximum atomic E-state index is 12.6. The SMILES string of the molecule is COc1nn(C(C)C(=O)NN=C(C)c2ccc(NC(=O)c3ccc(C(C)(C)C)cc3)cc2)cc1[N+](=O)[O-]. The number of methoxy groups -OCH3 is 1. The molecule has 0 radical (unpaired) electrons. The Hall–Kier alpha value is -4.54. The zero-order valence-corrected chi connectivity index (χ0v) is 21.6. The van der Waals surface area contributed by atoms with E-state index in [-0.39, 0.29) is 22.9 Å². The summed E-state index contributed by atoms with van der Waals surface area (Å²) in [5.74, 6) is -0.908. The number of ether oxygens (including phenoxy) is 1. The molecule has 0 spiro atoms. The predicted octanol–water partition coefficient (Wildman–Crippen LogP) is 4.45. The molecular formula is C26H30N6O5. The minimum absolute atomic E-state index is 0.00915. The van der Waals surface area contributed by atoms with Gasteiger partial charge in [0.05, 0.1) is 17.7 Å². The van der Waals surface area contributed by atoms with Gasteiger partial charge in [0.25, 0.3) is 11.8 Å². The Morgan fingerprint density at radius 3 is 2.19 bits per heavy atom. The van der Waals surface area contributed by atoms with Crippen molar-refractivity contribution < 1.29 is 19.2 Å². The first-order valence-electron chi connectivity index (χ1n) is 11.5. The molecule has 1 aromatic heterocycles. The molecule has 2 N–H and O–H groups in total. The second-order valence-electron chi connectivity index (χ2n) is 9.47. The third kappa shape index (κ3) is 6.57. The van der Waals surface area contributed by atoms with Crippen molar-refractivity contribution >= 4 is 28.9 Å². The smallest absolute Gasteiger partial charge is 0.350 e. The molecule has 1 heterocycles. The monoisotopic (exact) mass is 506 g/mol. The van der Waals surface area contributed by atoms with Crippen molar-refractivity contribution in [3.63, 3.8) is 0 Å². The van der Waals surface area contributed by atoms with E-state index in [0.29, 0.717) is 17.0 Å². The quantitative estimate of drug-likeness (QED) is 0.263. The van der Waals surface area contributed by atoms with Gasteiger partial charge in [-0.1, -0.05) is 45.0 Å². The van der Waals surface area contributed by atoms with Crippen LogP contribution in [0, 0.1) is 10.1 Å². The standard InChI is InChI=1S/C26H30N6O5/c1-16(28-29-23(33)17(2)31-15-22(32(35)36)25(30-31)37-6)18-9-13-21(14-10-18)27-24(34)19-7-11-20(12-8-19)26(3,4)5/h7-15,17H,1-6H3,(H,27,34)(H,29,33). The Balaban J connectivity index is 1.61. The van der Waals surface area contributed by atoms with E-state index in [1.165, 1.54) is 14.0 Å². The van der Waals surface area contributed by atoms with Gasteiger partial charge in [0.1, 0.15) is 12.2 Å². The van der Waals surface area contributed by atoms with Crippen LogP contribution in [0.5, 0.6) is 5.88 Å². The van der Waals surface area contributed by atoms with Gasteiger partial charge in [-0.15, -0.1) is 5.10 Å². The zero-order chi connectivity index (χ0) is 27.3. The Morgan fingerprint density at radius 1 is 1.08 bits per heavy atom. The summed E-state index contributed by atoms with van der Waals surface area (Å²) in [7, 11) is 1.26. The highest BCUT2D eigenvalue weighted by Crippen LogP contribution is 2.26. The van der Waals surface area contributed by atoms with Crippen molar-refractivity contribution in [3.8, 4) is 5.88 Å². The van der Waals surface area contributed by atoms with Crippen molar-refractivity contribution in [1.82, 2.24) is 15.2 Å². The van der Waals surface area contributed by atoms with Crippen LogP contribution in [-0.4, -0.2) is 39.3 Å². The number of carbonyl (C=O) groups is 2. The average molecular weight is 507 g/mol. The van der Waals surface area contributed by atoms with Gasteiger partial charge < -0.3 is 10.1 Å². The Kier molecular flexibility index (Phi) is 8.06. The van der Waals surface area contributed by atoms with Crippen LogP contribution in [0.3, 0.4) is 0 Å². The molecule has 3 aromatic rings. The molecule has 3 rings (SSSR count). The van der Waals surface area contributed by atoms with E-state index in [2.05, 4.69) is 41.7 Å². The summed E-state index contributed by atoms with van der Waals surface area (Å²) >= 11 is 0. The van der Waals surface area contributed by atoms with E-state index in [4.69, 9.17) is 4.74 Å². The topological polar surface area (TPSA) is 141 Å². The summed E-state index contributed by atoms with van der Waals surface area (Å²) in [4.78, 5) is 35.6. The summed E-state index contributed by atoms with van der Waals surface area (Å²) in [5.41, 5.74) is 5.71. The van der Waals surface area contributed by atoms with Crippen LogP contribution in [0.1, 0.15) is 62.1 Å². The number of aromatic nitrogens is 2. The number of nitrogens with zero attached hydrogens (tertiary/aromatic N) is 4.